The van der Waals surface area contributed by atoms with Crippen molar-refractivity contribution in [3.05, 3.63) is 83.4 Å². The van der Waals surface area contributed by atoms with Crippen LogP contribution in [-0.2, 0) is 48.1 Å². The molecule has 2 amide bonds. The van der Waals surface area contributed by atoms with Gasteiger partial charge in [0.05, 0.1) is 63.6 Å². The number of hydrogen-bond acceptors (Lipinski definition) is 13. The number of nitrogens with two attached hydrogens (primary N) is 1. The Kier molecular flexibility index (Phi) is 15.8. The fourth-order valence-corrected chi connectivity index (χ4v) is 6.83. The lowest BCUT2D eigenvalue weighted by atomic mass is 10.1. The van der Waals surface area contributed by atoms with Crippen molar-refractivity contribution in [2.24, 2.45) is 17.8 Å². The summed E-state index contributed by atoms with van der Waals surface area (Å²) in [5.41, 5.74) is 9.93. The van der Waals surface area contributed by atoms with Gasteiger partial charge in [0, 0.05) is 36.6 Å². The number of benzene rings is 2. The Bertz CT molecular complexity index is 2100. The second-order valence-corrected chi connectivity index (χ2v) is 16.5. The summed E-state index contributed by atoms with van der Waals surface area (Å²) < 4.78 is 34.3. The first-order valence-electron chi connectivity index (χ1n) is 19.3. The lowest BCUT2D eigenvalue weighted by molar-refractivity contribution is -0.870. The van der Waals surface area contributed by atoms with Gasteiger partial charge in [-0.15, -0.1) is 0 Å². The standard InChI is InChI=1S/C39H54N9O10P/c1-46-33-15-12-28(22-32(33)44-35(46)23-43-29-13-10-27(11-14-29)37(40)45-39(52)56-24-30-8-7-18-41-30)38(51)47(34-9-5-6-17-42-34)19-16-36(50)55-25-31(49)26-58-59(53,54)57-21-20-48(2,3)4/h7-8,10-15,18,22,31,34,41-42,49H,5-6,9,16-17,19-21,23-26H2,1-4H3,(H3-,40,43,45,52,53,54). The van der Waals surface area contributed by atoms with Crippen molar-refractivity contribution in [1.29, 1.82) is 0 Å². The molecular formula is C39H54N9O10P. The highest BCUT2D eigenvalue weighted by atomic mass is 31.2. The largest absolute Gasteiger partial charge is 0.756 e. The van der Waals surface area contributed by atoms with E-state index in [0.29, 0.717) is 46.5 Å². The SMILES string of the molecule is Cn1c(CNc2ccc(/C(N)=N/C(=O)OCc3ccc[nH]3)cc2)nc2cc(C(=O)N(CCC(=O)OCC(O)COP(=O)([O-])OCC[N+](C)(C)C)C3CCCCN3)ccc21. The second kappa shape index (κ2) is 20.7. The average molecular weight is 840 g/mol. The molecule has 0 aliphatic carbocycles. The molecule has 2 aromatic heterocycles. The number of imidazole rings is 1. The number of ether oxygens (including phenoxy) is 2. The quantitative estimate of drug-likeness (QED) is 0.0282. The number of aliphatic hydroxyl groups is 1. The van der Waals surface area contributed by atoms with E-state index in [4.69, 9.17) is 29.2 Å². The molecule has 0 bridgehead atoms. The lowest BCUT2D eigenvalue weighted by Crippen LogP contribution is -2.51. The van der Waals surface area contributed by atoms with Crippen LogP contribution in [0.25, 0.3) is 11.0 Å². The van der Waals surface area contributed by atoms with Crippen LogP contribution in [-0.4, -0.2) is 126 Å². The predicted molar refractivity (Wildman–Crippen MR) is 217 cm³/mol. The Hall–Kier alpha value is -5.14. The van der Waals surface area contributed by atoms with Gasteiger partial charge in [0.1, 0.15) is 44.1 Å². The highest BCUT2D eigenvalue weighted by molar-refractivity contribution is 7.45. The number of esters is 1. The number of hydrogen-bond donors (Lipinski definition) is 5. The van der Waals surface area contributed by atoms with Gasteiger partial charge in [-0.05, 0) is 80.4 Å². The molecule has 59 heavy (non-hydrogen) atoms. The van der Waals surface area contributed by atoms with Crippen LogP contribution in [0.1, 0.15) is 53.1 Å². The number of carbonyl (C=O) groups is 3. The van der Waals surface area contributed by atoms with Crippen molar-refractivity contribution in [3.63, 3.8) is 0 Å². The van der Waals surface area contributed by atoms with Crippen LogP contribution >= 0.6 is 7.82 Å². The molecule has 3 heterocycles. The van der Waals surface area contributed by atoms with Gasteiger partial charge in [-0.25, -0.2) is 9.78 Å². The Morgan fingerprint density at radius 1 is 1.10 bits per heavy atom. The molecule has 3 atom stereocenters. The maximum atomic E-state index is 14.0. The minimum atomic E-state index is -4.65. The van der Waals surface area contributed by atoms with Gasteiger partial charge in [0.25, 0.3) is 13.7 Å². The average Bonchev–Trinajstić information content (AvgIpc) is 3.85. The molecule has 0 saturated carbocycles. The summed E-state index contributed by atoms with van der Waals surface area (Å²) in [5, 5.41) is 16.9. The first kappa shape index (κ1) is 45.0. The number of phosphoric acid groups is 1. The van der Waals surface area contributed by atoms with Crippen molar-refractivity contribution in [2.45, 2.75) is 51.1 Å². The van der Waals surface area contributed by atoms with E-state index in [1.165, 1.54) is 0 Å². The monoisotopic (exact) mass is 839 g/mol. The molecule has 1 aliphatic rings. The number of aliphatic hydroxyl groups excluding tert-OH is 1. The smallest absolute Gasteiger partial charge is 0.435 e. The minimum absolute atomic E-state index is 0.0257. The van der Waals surface area contributed by atoms with E-state index >= 15 is 0 Å². The van der Waals surface area contributed by atoms with Crippen LogP contribution in [0.15, 0.2) is 65.8 Å². The molecule has 0 radical (unpaired) electrons. The molecule has 1 fully saturated rings. The number of nitrogens with one attached hydrogen (secondary N) is 3. The van der Waals surface area contributed by atoms with Gasteiger partial charge in [-0.3, -0.25) is 19.5 Å². The third kappa shape index (κ3) is 14.0. The molecule has 19 nitrogen and oxygen atoms in total. The Morgan fingerprint density at radius 3 is 2.56 bits per heavy atom. The van der Waals surface area contributed by atoms with Crippen LogP contribution in [0.3, 0.4) is 0 Å². The van der Waals surface area contributed by atoms with E-state index in [-0.39, 0.29) is 44.1 Å². The number of carbonyl (C=O) groups excluding carboxylic acids is 3. The van der Waals surface area contributed by atoms with E-state index in [1.807, 2.05) is 38.8 Å². The highest BCUT2D eigenvalue weighted by Gasteiger charge is 2.28. The van der Waals surface area contributed by atoms with Gasteiger partial charge in [0.2, 0.25) is 0 Å². The van der Waals surface area contributed by atoms with Crippen molar-refractivity contribution in [3.8, 4) is 0 Å². The Morgan fingerprint density at radius 2 is 1.86 bits per heavy atom. The summed E-state index contributed by atoms with van der Waals surface area (Å²) in [5.74, 6) is -0.218. The van der Waals surface area contributed by atoms with E-state index in [1.54, 1.807) is 59.6 Å². The number of amides is 2. The number of piperidine rings is 1. The van der Waals surface area contributed by atoms with Gasteiger partial charge in [0.15, 0.2) is 0 Å². The van der Waals surface area contributed by atoms with Gasteiger partial charge in [-0.2, -0.15) is 4.99 Å². The summed E-state index contributed by atoms with van der Waals surface area (Å²) in [7, 11) is 2.88. The van der Waals surface area contributed by atoms with Crippen molar-refractivity contribution >= 4 is 48.3 Å². The number of quaternary nitrogens is 1. The summed E-state index contributed by atoms with van der Waals surface area (Å²) in [4.78, 5) is 64.0. The molecule has 20 heteroatoms. The third-order valence-corrected chi connectivity index (χ3v) is 10.4. The number of fused-ring (bicyclic) bond motifs is 1. The maximum absolute atomic E-state index is 14.0. The van der Waals surface area contributed by atoms with E-state index in [0.717, 1.165) is 36.3 Å². The molecule has 1 saturated heterocycles. The number of H-pyrrole nitrogens is 1. The minimum Gasteiger partial charge on any atom is -0.756 e. The molecule has 4 aromatic rings. The van der Waals surface area contributed by atoms with Crippen molar-refractivity contribution in [1.82, 2.24) is 24.8 Å². The molecule has 0 spiro atoms. The van der Waals surface area contributed by atoms with Crippen LogP contribution in [0.2, 0.25) is 0 Å². The first-order chi connectivity index (χ1) is 28.1. The van der Waals surface area contributed by atoms with Gasteiger partial charge >= 0.3 is 12.1 Å². The molecule has 5 rings (SSSR count). The predicted octanol–water partition coefficient (Wildman–Crippen LogP) is 2.60. The third-order valence-electron chi connectivity index (χ3n) is 9.43. The van der Waals surface area contributed by atoms with E-state index in [2.05, 4.69) is 20.6 Å². The van der Waals surface area contributed by atoms with E-state index < -0.39 is 39.2 Å². The summed E-state index contributed by atoms with van der Waals surface area (Å²) in [6.45, 7) is 0.387. The summed E-state index contributed by atoms with van der Waals surface area (Å²) in [6, 6.07) is 16.0. The van der Waals surface area contributed by atoms with Crippen LogP contribution < -0.4 is 21.3 Å². The first-order valence-corrected chi connectivity index (χ1v) is 20.7. The normalized spacial score (nSPS) is 16.3. The fourth-order valence-electron chi connectivity index (χ4n) is 6.10. The number of aromatic amines is 1. The van der Waals surface area contributed by atoms with E-state index in [9.17, 15) is 28.9 Å². The number of rotatable bonds is 20. The summed E-state index contributed by atoms with van der Waals surface area (Å²) in [6.07, 6.45) is 1.64. The zero-order chi connectivity index (χ0) is 42.6. The van der Waals surface area contributed by atoms with Gasteiger partial charge in [-0.1, -0.05) is 0 Å². The highest BCUT2D eigenvalue weighted by Crippen LogP contribution is 2.38. The molecule has 320 valence electrons. The molecule has 6 N–H and O–H groups in total. The van der Waals surface area contributed by atoms with Crippen LogP contribution in [0.5, 0.6) is 0 Å². The Labute approximate surface area is 342 Å². The number of nitrogens with zero attached hydrogens (tertiary/aromatic N) is 5. The zero-order valence-electron chi connectivity index (χ0n) is 33.8. The number of aromatic nitrogens is 3. The van der Waals surface area contributed by atoms with Crippen molar-refractivity contribution in [2.75, 3.05) is 65.9 Å². The second-order valence-electron chi connectivity index (χ2n) is 15.1. The zero-order valence-corrected chi connectivity index (χ0v) is 34.7. The molecular weight excluding hydrogens is 785 g/mol. The number of aliphatic imine (C=N–C) groups is 1. The maximum Gasteiger partial charge on any atom is 0.435 e. The molecule has 1 aliphatic heterocycles. The number of likely N-dealkylation sites (N-methyl/N-ethyl adjacent to an activating group) is 1. The molecule has 2 aromatic carbocycles. The molecule has 3 unspecified atom stereocenters. The van der Waals surface area contributed by atoms with Gasteiger partial charge < -0.3 is 58.5 Å². The fraction of sp³-hybridized carbons (Fsp3) is 0.462. The Balaban J connectivity index is 1.14. The number of aryl methyl sites for hydroxylation is 1. The number of anilines is 1. The van der Waals surface area contributed by atoms with Crippen LogP contribution in [0, 0.1) is 0 Å². The number of amidine groups is 1. The summed E-state index contributed by atoms with van der Waals surface area (Å²) >= 11 is 0. The topological polar surface area (TPSA) is 248 Å². The van der Waals surface area contributed by atoms with Crippen LogP contribution in [0.4, 0.5) is 10.5 Å². The lowest BCUT2D eigenvalue weighted by Gasteiger charge is -2.35. The van der Waals surface area contributed by atoms with Crippen molar-refractivity contribution < 1.29 is 52.0 Å². The number of phosphoric ester groups is 1.